The highest BCUT2D eigenvalue weighted by atomic mass is 35.5. The molecule has 51 valence electrons. The molecule has 0 saturated carbocycles. The third kappa shape index (κ3) is 1.54. The van der Waals surface area contributed by atoms with Crippen LogP contribution in [0.5, 0.6) is 0 Å². The Morgan fingerprint density at radius 2 is 2.40 bits per heavy atom. The van der Waals surface area contributed by atoms with Crippen LogP contribution in [-0.4, -0.2) is 10.8 Å². The van der Waals surface area contributed by atoms with Crippen molar-refractivity contribution in [2.24, 2.45) is 0 Å². The SMILES string of the molecule is CC(=O)c1[c]c(Cl)cnc1. The van der Waals surface area contributed by atoms with Gasteiger partial charge in [-0.25, -0.2) is 0 Å². The van der Waals surface area contributed by atoms with Crippen LogP contribution < -0.4 is 0 Å². The Bertz CT molecular complexity index is 260. The molecule has 2 nitrogen and oxygen atoms in total. The molecule has 0 aliphatic rings. The van der Waals surface area contributed by atoms with E-state index in [1.807, 2.05) is 0 Å². The summed E-state index contributed by atoms with van der Waals surface area (Å²) in [4.78, 5) is 14.4. The zero-order valence-electron chi connectivity index (χ0n) is 5.39. The molecule has 0 N–H and O–H groups in total. The number of aromatic nitrogens is 1. The van der Waals surface area contributed by atoms with E-state index < -0.39 is 0 Å². The van der Waals surface area contributed by atoms with Crippen molar-refractivity contribution in [2.45, 2.75) is 6.92 Å². The maximum atomic E-state index is 10.7. The number of rotatable bonds is 1. The Morgan fingerprint density at radius 3 is 2.80 bits per heavy atom. The first-order valence-corrected chi connectivity index (χ1v) is 3.11. The summed E-state index contributed by atoms with van der Waals surface area (Å²) in [6.07, 6.45) is 2.88. The Morgan fingerprint density at radius 1 is 1.70 bits per heavy atom. The average Bonchev–Trinajstić information content (AvgIpc) is 1.88. The zero-order chi connectivity index (χ0) is 7.56. The minimum Gasteiger partial charge on any atom is -0.294 e. The maximum absolute atomic E-state index is 10.7. The lowest BCUT2D eigenvalue weighted by atomic mass is 10.2. The maximum Gasteiger partial charge on any atom is 0.162 e. The average molecular weight is 155 g/mol. The minimum absolute atomic E-state index is 0.0741. The second kappa shape index (κ2) is 2.80. The van der Waals surface area contributed by atoms with Gasteiger partial charge in [-0.2, -0.15) is 0 Å². The normalized spacial score (nSPS) is 9.40. The van der Waals surface area contributed by atoms with Gasteiger partial charge in [0.15, 0.2) is 5.78 Å². The number of hydrogen-bond donors (Lipinski definition) is 0. The van der Waals surface area contributed by atoms with E-state index in [0.717, 1.165) is 0 Å². The summed E-state index contributed by atoms with van der Waals surface area (Å²) >= 11 is 5.52. The molecule has 0 atom stereocenters. The van der Waals surface area contributed by atoms with Crippen molar-refractivity contribution < 1.29 is 4.79 Å². The summed E-state index contributed by atoms with van der Waals surface area (Å²) < 4.78 is 0. The molecular weight excluding hydrogens is 150 g/mol. The molecule has 0 amide bonds. The number of carbonyl (C=O) groups is 1. The fraction of sp³-hybridized carbons (Fsp3) is 0.143. The summed E-state index contributed by atoms with van der Waals surface area (Å²) in [5.41, 5.74) is 0.424. The molecule has 0 aliphatic heterocycles. The van der Waals surface area contributed by atoms with Crippen LogP contribution in [0.15, 0.2) is 12.4 Å². The fourth-order valence-corrected chi connectivity index (χ4v) is 0.708. The van der Waals surface area contributed by atoms with E-state index in [4.69, 9.17) is 11.6 Å². The molecule has 3 heteroatoms. The molecule has 0 spiro atoms. The molecule has 0 aliphatic carbocycles. The topological polar surface area (TPSA) is 30.0 Å². The second-order valence-corrected chi connectivity index (χ2v) is 2.26. The van der Waals surface area contributed by atoms with E-state index in [1.165, 1.54) is 19.3 Å². The molecule has 1 heterocycles. The van der Waals surface area contributed by atoms with Crippen LogP contribution in [0, 0.1) is 6.07 Å². The van der Waals surface area contributed by atoms with Crippen molar-refractivity contribution in [1.29, 1.82) is 0 Å². The van der Waals surface area contributed by atoms with Crippen LogP contribution in [0.2, 0.25) is 5.02 Å². The molecular formula is C7H5ClNO. The van der Waals surface area contributed by atoms with Gasteiger partial charge in [0.2, 0.25) is 0 Å². The van der Waals surface area contributed by atoms with Gasteiger partial charge in [-0.3, -0.25) is 9.78 Å². The second-order valence-electron chi connectivity index (χ2n) is 1.85. The van der Waals surface area contributed by atoms with E-state index >= 15 is 0 Å². The quantitative estimate of drug-likeness (QED) is 0.577. The number of Topliss-reactive ketones (excluding diaryl/α,β-unsaturated/α-hetero) is 1. The Balaban J connectivity index is 3.07. The fourth-order valence-electron chi connectivity index (χ4n) is 0.549. The van der Waals surface area contributed by atoms with E-state index in [2.05, 4.69) is 11.1 Å². The standard InChI is InChI=1S/C7H5ClNO/c1-5(10)6-2-7(8)4-9-3-6/h3-4H,1H3. The first kappa shape index (κ1) is 7.22. The van der Waals surface area contributed by atoms with Crippen molar-refractivity contribution in [3.05, 3.63) is 29.0 Å². The predicted octanol–water partition coefficient (Wildman–Crippen LogP) is 1.74. The van der Waals surface area contributed by atoms with Crippen LogP contribution in [0.1, 0.15) is 17.3 Å². The van der Waals surface area contributed by atoms with E-state index in [0.29, 0.717) is 10.6 Å². The van der Waals surface area contributed by atoms with Crippen LogP contribution in [-0.2, 0) is 0 Å². The van der Waals surface area contributed by atoms with Crippen molar-refractivity contribution in [3.8, 4) is 0 Å². The molecule has 0 fully saturated rings. The van der Waals surface area contributed by atoms with Gasteiger partial charge in [0.25, 0.3) is 0 Å². The number of carbonyl (C=O) groups excluding carboxylic acids is 1. The van der Waals surface area contributed by atoms with Crippen LogP contribution in [0.25, 0.3) is 0 Å². The van der Waals surface area contributed by atoms with Gasteiger partial charge in [-0.1, -0.05) is 11.6 Å². The predicted molar refractivity (Wildman–Crippen MR) is 38.1 cm³/mol. The highest BCUT2D eigenvalue weighted by Crippen LogP contribution is 2.06. The number of nitrogens with zero attached hydrogens (tertiary/aromatic N) is 1. The molecule has 0 saturated heterocycles. The van der Waals surface area contributed by atoms with Crippen molar-refractivity contribution in [3.63, 3.8) is 0 Å². The number of hydrogen-bond acceptors (Lipinski definition) is 2. The number of ketones is 1. The first-order valence-electron chi connectivity index (χ1n) is 2.74. The van der Waals surface area contributed by atoms with Crippen LogP contribution >= 0.6 is 11.6 Å². The summed E-state index contributed by atoms with van der Waals surface area (Å²) in [6.45, 7) is 1.45. The highest BCUT2D eigenvalue weighted by molar-refractivity contribution is 6.30. The lowest BCUT2D eigenvalue weighted by Gasteiger charge is -1.91. The minimum atomic E-state index is -0.0741. The van der Waals surface area contributed by atoms with Gasteiger partial charge in [-0.05, 0) is 6.92 Å². The van der Waals surface area contributed by atoms with Gasteiger partial charge in [0.05, 0.1) is 5.02 Å². The largest absolute Gasteiger partial charge is 0.294 e. The number of pyridine rings is 1. The lowest BCUT2D eigenvalue weighted by Crippen LogP contribution is -1.92. The molecule has 1 aromatic heterocycles. The lowest BCUT2D eigenvalue weighted by molar-refractivity contribution is 0.101. The van der Waals surface area contributed by atoms with Gasteiger partial charge >= 0.3 is 0 Å². The van der Waals surface area contributed by atoms with E-state index in [9.17, 15) is 4.79 Å². The molecule has 0 aromatic carbocycles. The van der Waals surface area contributed by atoms with Crippen molar-refractivity contribution in [2.75, 3.05) is 0 Å². The van der Waals surface area contributed by atoms with Crippen molar-refractivity contribution >= 4 is 17.4 Å². The van der Waals surface area contributed by atoms with Crippen LogP contribution in [0.3, 0.4) is 0 Å². The summed E-state index contributed by atoms with van der Waals surface area (Å²) in [7, 11) is 0. The van der Waals surface area contributed by atoms with Gasteiger partial charge in [-0.15, -0.1) is 0 Å². The molecule has 1 aromatic rings. The monoisotopic (exact) mass is 154 g/mol. The third-order valence-electron chi connectivity index (χ3n) is 1.02. The molecule has 0 unspecified atom stereocenters. The first-order chi connectivity index (χ1) is 4.70. The Kier molecular flexibility index (Phi) is 2.02. The molecule has 10 heavy (non-hydrogen) atoms. The van der Waals surface area contributed by atoms with Gasteiger partial charge in [0, 0.05) is 24.0 Å². The van der Waals surface area contributed by atoms with Crippen LogP contribution in [0.4, 0.5) is 0 Å². The molecule has 0 bridgehead atoms. The zero-order valence-corrected chi connectivity index (χ0v) is 6.14. The summed E-state index contributed by atoms with van der Waals surface area (Å²) in [5.74, 6) is -0.0741. The highest BCUT2D eigenvalue weighted by Gasteiger charge is 1.98. The van der Waals surface area contributed by atoms with Gasteiger partial charge < -0.3 is 0 Å². The summed E-state index contributed by atoms with van der Waals surface area (Å²) in [6, 6.07) is 2.66. The molecule has 1 radical (unpaired) electrons. The summed E-state index contributed by atoms with van der Waals surface area (Å²) in [5, 5.41) is 0.368. The third-order valence-corrected chi connectivity index (χ3v) is 1.22. The Labute approximate surface area is 63.8 Å². The smallest absolute Gasteiger partial charge is 0.162 e. The van der Waals surface area contributed by atoms with E-state index in [-0.39, 0.29) is 5.78 Å². The van der Waals surface area contributed by atoms with Gasteiger partial charge in [0.1, 0.15) is 0 Å². The Hall–Kier alpha value is -0.890. The number of halogens is 1. The van der Waals surface area contributed by atoms with E-state index in [1.54, 1.807) is 0 Å². The van der Waals surface area contributed by atoms with Crippen molar-refractivity contribution in [1.82, 2.24) is 4.98 Å². The molecule has 1 rings (SSSR count).